The molecular weight excluding hydrogens is 522 g/mol. The van der Waals surface area contributed by atoms with Crippen LogP contribution in [0.5, 0.6) is 0 Å². The van der Waals surface area contributed by atoms with Gasteiger partial charge in [0, 0.05) is 26.1 Å². The molecule has 3 aromatic rings. The van der Waals surface area contributed by atoms with E-state index in [2.05, 4.69) is 42.5 Å². The lowest BCUT2D eigenvalue weighted by atomic mass is 10.1. The Balaban J connectivity index is 1.89. The molecule has 0 spiro atoms. The number of fused-ring (bicyclic) bond motifs is 1. The first-order chi connectivity index (χ1) is 13.8. The molecular formula is C20H11Br2N3O3S. The quantitative estimate of drug-likeness (QED) is 0.299. The Bertz CT molecular complexity index is 1240. The molecule has 29 heavy (non-hydrogen) atoms. The molecule has 144 valence electrons. The summed E-state index contributed by atoms with van der Waals surface area (Å²) in [4.78, 5) is 37.6. The predicted molar refractivity (Wildman–Crippen MR) is 120 cm³/mol. The summed E-state index contributed by atoms with van der Waals surface area (Å²) in [5.74, 6) is -1.42. The molecule has 2 aromatic carbocycles. The maximum absolute atomic E-state index is 13.2. The topological polar surface area (TPSA) is 80.2 Å². The number of carbonyl (C=O) groups excluding carboxylic acids is 3. The summed E-state index contributed by atoms with van der Waals surface area (Å²) in [5, 5.41) is 5.48. The van der Waals surface area contributed by atoms with Crippen LogP contribution in [0, 0.1) is 0 Å². The molecule has 0 unspecified atom stereocenters. The van der Waals surface area contributed by atoms with Gasteiger partial charge in [-0.1, -0.05) is 28.1 Å². The smallest absolute Gasteiger partial charge is 0.263 e. The van der Waals surface area contributed by atoms with Gasteiger partial charge < -0.3 is 0 Å². The van der Waals surface area contributed by atoms with Crippen LogP contribution < -0.4 is 10.6 Å². The Morgan fingerprint density at radius 2 is 1.72 bits per heavy atom. The van der Waals surface area contributed by atoms with E-state index in [1.807, 2.05) is 18.2 Å². The van der Waals surface area contributed by atoms with Crippen molar-refractivity contribution in [2.75, 3.05) is 0 Å². The van der Waals surface area contributed by atoms with Gasteiger partial charge in [0.2, 0.25) is 0 Å². The molecule has 1 aliphatic rings. The molecule has 0 saturated carbocycles. The predicted octanol–water partition coefficient (Wildman–Crippen LogP) is 3.77. The highest BCUT2D eigenvalue weighted by atomic mass is 79.9. The summed E-state index contributed by atoms with van der Waals surface area (Å²) in [7, 11) is 0. The Labute approximate surface area is 187 Å². The van der Waals surface area contributed by atoms with Gasteiger partial charge in [-0.15, -0.1) is 0 Å². The van der Waals surface area contributed by atoms with Gasteiger partial charge in [-0.3, -0.25) is 29.6 Å². The first kappa shape index (κ1) is 19.7. The largest absolute Gasteiger partial charge is 0.299 e. The number of nitrogens with one attached hydrogen (secondary N) is 2. The molecule has 0 radical (unpaired) electrons. The van der Waals surface area contributed by atoms with Crippen molar-refractivity contribution >= 4 is 83.9 Å². The summed E-state index contributed by atoms with van der Waals surface area (Å²) in [6.45, 7) is 0. The second-order valence-corrected chi connectivity index (χ2v) is 8.37. The number of benzene rings is 2. The minimum Gasteiger partial charge on any atom is -0.299 e. The Morgan fingerprint density at radius 1 is 1.03 bits per heavy atom. The van der Waals surface area contributed by atoms with Crippen molar-refractivity contribution < 1.29 is 14.4 Å². The van der Waals surface area contributed by atoms with Crippen molar-refractivity contribution in [2.45, 2.75) is 0 Å². The number of hydrogen-bond donors (Lipinski definition) is 2. The number of carbonyl (C=O) groups is 3. The zero-order valence-corrected chi connectivity index (χ0v) is 18.5. The van der Waals surface area contributed by atoms with Gasteiger partial charge in [-0.05, 0) is 64.6 Å². The Morgan fingerprint density at radius 3 is 2.41 bits per heavy atom. The molecule has 2 N–H and O–H groups in total. The molecule has 9 heteroatoms. The van der Waals surface area contributed by atoms with Crippen LogP contribution in [0.25, 0.3) is 17.0 Å². The number of amides is 2. The molecule has 0 aliphatic carbocycles. The van der Waals surface area contributed by atoms with E-state index in [1.54, 1.807) is 30.5 Å². The van der Waals surface area contributed by atoms with Crippen LogP contribution in [0.1, 0.15) is 15.9 Å². The fraction of sp³-hybridized carbons (Fsp3) is 0. The van der Waals surface area contributed by atoms with Crippen molar-refractivity contribution in [2.24, 2.45) is 0 Å². The molecule has 2 heterocycles. The number of halogens is 2. The minimum absolute atomic E-state index is 0.0357. The molecule has 6 nitrogen and oxygen atoms in total. The fourth-order valence-corrected chi connectivity index (χ4v) is 4.04. The van der Waals surface area contributed by atoms with Gasteiger partial charge in [-0.25, -0.2) is 0 Å². The maximum atomic E-state index is 13.2. The summed E-state index contributed by atoms with van der Waals surface area (Å²) in [5.41, 5.74) is 1.60. The molecule has 1 aliphatic heterocycles. The second-order valence-electron chi connectivity index (χ2n) is 6.20. The van der Waals surface area contributed by atoms with Crippen LogP contribution in [0.15, 0.2) is 63.2 Å². The minimum atomic E-state index is -0.591. The lowest BCUT2D eigenvalue weighted by molar-refractivity contribution is -0.123. The third-order valence-corrected chi connectivity index (χ3v) is 5.75. The highest BCUT2D eigenvalue weighted by Gasteiger charge is 2.26. The van der Waals surface area contributed by atoms with Gasteiger partial charge in [0.25, 0.3) is 17.7 Å². The standard InChI is InChI=1S/C20H11Br2N3O3S/c21-11-5-6-16-13(8-11)10(7-14-17(26)23-20(29)24-18(14)27)9-25(16)19(28)12-3-1-2-4-15(12)22/h1-9H,(H2,23,24,26,27,29). The van der Waals surface area contributed by atoms with Crippen LogP contribution in [0.4, 0.5) is 0 Å². The first-order valence-electron chi connectivity index (χ1n) is 8.33. The van der Waals surface area contributed by atoms with E-state index in [0.29, 0.717) is 26.5 Å². The van der Waals surface area contributed by atoms with Crippen LogP contribution in [0.2, 0.25) is 0 Å². The molecule has 1 aromatic heterocycles. The van der Waals surface area contributed by atoms with E-state index >= 15 is 0 Å². The molecule has 0 bridgehead atoms. The molecule has 0 atom stereocenters. The van der Waals surface area contributed by atoms with Crippen molar-refractivity contribution in [3.63, 3.8) is 0 Å². The summed E-state index contributed by atoms with van der Waals surface area (Å²) >= 11 is 11.7. The number of aromatic nitrogens is 1. The van der Waals surface area contributed by atoms with E-state index in [4.69, 9.17) is 12.2 Å². The molecule has 1 fully saturated rings. The number of thiocarbonyl (C=S) groups is 1. The van der Waals surface area contributed by atoms with Gasteiger partial charge >= 0.3 is 0 Å². The highest BCUT2D eigenvalue weighted by Crippen LogP contribution is 2.29. The summed E-state index contributed by atoms with van der Waals surface area (Å²) in [6, 6.07) is 12.6. The zero-order chi connectivity index (χ0) is 20.7. The molecule has 4 rings (SSSR count). The van der Waals surface area contributed by atoms with Crippen LogP contribution in [-0.2, 0) is 9.59 Å². The van der Waals surface area contributed by atoms with E-state index in [9.17, 15) is 14.4 Å². The monoisotopic (exact) mass is 531 g/mol. The zero-order valence-electron chi connectivity index (χ0n) is 14.5. The maximum Gasteiger partial charge on any atom is 0.263 e. The second kappa shape index (κ2) is 7.66. The van der Waals surface area contributed by atoms with Gasteiger partial charge in [0.1, 0.15) is 5.57 Å². The third kappa shape index (κ3) is 3.68. The Hall–Kier alpha value is -2.62. The number of nitrogens with zero attached hydrogens (tertiary/aromatic N) is 1. The van der Waals surface area contributed by atoms with E-state index < -0.39 is 11.8 Å². The van der Waals surface area contributed by atoms with Gasteiger partial charge in [-0.2, -0.15) is 0 Å². The Kier molecular flexibility index (Phi) is 5.20. The van der Waals surface area contributed by atoms with Crippen molar-refractivity contribution in [3.05, 3.63) is 74.3 Å². The van der Waals surface area contributed by atoms with Crippen molar-refractivity contribution in [1.82, 2.24) is 15.2 Å². The molecule has 1 saturated heterocycles. The lowest BCUT2D eigenvalue weighted by Gasteiger charge is -2.16. The lowest BCUT2D eigenvalue weighted by Crippen LogP contribution is -2.51. The summed E-state index contributed by atoms with van der Waals surface area (Å²) < 4.78 is 2.97. The average molecular weight is 533 g/mol. The highest BCUT2D eigenvalue weighted by molar-refractivity contribution is 9.10. The fourth-order valence-electron chi connectivity index (χ4n) is 3.04. The average Bonchev–Trinajstić information content (AvgIpc) is 3.02. The van der Waals surface area contributed by atoms with Crippen LogP contribution >= 0.6 is 44.1 Å². The van der Waals surface area contributed by atoms with E-state index in [0.717, 1.165) is 4.47 Å². The van der Waals surface area contributed by atoms with Crippen LogP contribution in [-0.4, -0.2) is 27.4 Å². The van der Waals surface area contributed by atoms with E-state index in [1.165, 1.54) is 10.6 Å². The van der Waals surface area contributed by atoms with Crippen molar-refractivity contribution in [3.8, 4) is 0 Å². The normalized spacial score (nSPS) is 14.0. The number of hydrogen-bond acceptors (Lipinski definition) is 4. The van der Waals surface area contributed by atoms with Gasteiger partial charge in [0.05, 0.1) is 11.1 Å². The van der Waals surface area contributed by atoms with Gasteiger partial charge in [0.15, 0.2) is 5.11 Å². The van der Waals surface area contributed by atoms with Crippen molar-refractivity contribution in [1.29, 1.82) is 0 Å². The SMILES string of the molecule is O=C1NC(=S)NC(=O)C1=Cc1cn(C(=O)c2ccccc2Br)c2ccc(Br)cc12. The third-order valence-electron chi connectivity index (χ3n) is 4.36. The van der Waals surface area contributed by atoms with E-state index in [-0.39, 0.29) is 16.6 Å². The van der Waals surface area contributed by atoms with Crippen LogP contribution in [0.3, 0.4) is 0 Å². The first-order valence-corrected chi connectivity index (χ1v) is 10.3. The number of rotatable bonds is 2. The molecule has 2 amide bonds. The summed E-state index contributed by atoms with van der Waals surface area (Å²) in [6.07, 6.45) is 3.06.